The third-order valence-corrected chi connectivity index (χ3v) is 17.3. The van der Waals surface area contributed by atoms with E-state index in [9.17, 15) is 19.0 Å². The molecule has 10 heteroatoms. The molecular formula is C71H138NO8P. The number of phosphoric acid groups is 1. The molecule has 0 saturated heterocycles. The molecule has 0 bridgehead atoms. The summed E-state index contributed by atoms with van der Waals surface area (Å²) in [5.74, 6) is -0.801. The van der Waals surface area contributed by atoms with Crippen molar-refractivity contribution in [2.24, 2.45) is 5.73 Å². The average molecular weight is 1160 g/mol. The van der Waals surface area contributed by atoms with Gasteiger partial charge in [0.1, 0.15) is 6.61 Å². The van der Waals surface area contributed by atoms with Crippen LogP contribution < -0.4 is 5.73 Å². The molecule has 9 nitrogen and oxygen atoms in total. The van der Waals surface area contributed by atoms with Gasteiger partial charge >= 0.3 is 19.8 Å². The van der Waals surface area contributed by atoms with Gasteiger partial charge in [-0.05, 0) is 44.9 Å². The zero-order valence-corrected chi connectivity index (χ0v) is 55.0. The summed E-state index contributed by atoms with van der Waals surface area (Å²) in [7, 11) is -4.39. The van der Waals surface area contributed by atoms with Crippen molar-refractivity contribution in [3.63, 3.8) is 0 Å². The molecule has 2 unspecified atom stereocenters. The average Bonchev–Trinajstić information content (AvgIpc) is 3.46. The van der Waals surface area contributed by atoms with Crippen molar-refractivity contribution in [2.45, 2.75) is 392 Å². The quantitative estimate of drug-likeness (QED) is 0.0264. The molecule has 2 atom stereocenters. The summed E-state index contributed by atoms with van der Waals surface area (Å²) in [6, 6.07) is 0. The number of nitrogens with two attached hydrogens (primary N) is 1. The fourth-order valence-corrected chi connectivity index (χ4v) is 11.8. The first kappa shape index (κ1) is 79.5. The molecule has 0 rings (SSSR count). The van der Waals surface area contributed by atoms with E-state index in [-0.39, 0.29) is 38.6 Å². The number of hydrogen-bond acceptors (Lipinski definition) is 8. The minimum atomic E-state index is -4.39. The van der Waals surface area contributed by atoms with Crippen LogP contribution in [0.2, 0.25) is 0 Å². The number of ether oxygens (including phenoxy) is 2. The molecule has 0 aliphatic carbocycles. The summed E-state index contributed by atoms with van der Waals surface area (Å²) in [4.78, 5) is 35.3. The second-order valence-electron chi connectivity index (χ2n) is 24.5. The van der Waals surface area contributed by atoms with E-state index < -0.39 is 26.5 Å². The van der Waals surface area contributed by atoms with E-state index >= 15 is 0 Å². The third-order valence-electron chi connectivity index (χ3n) is 16.3. The second kappa shape index (κ2) is 67.6. The highest BCUT2D eigenvalue weighted by Gasteiger charge is 2.26. The van der Waals surface area contributed by atoms with Crippen LogP contribution in [-0.2, 0) is 32.7 Å². The van der Waals surface area contributed by atoms with Gasteiger partial charge in [0.25, 0.3) is 0 Å². The Kier molecular flexibility index (Phi) is 66.4. The molecule has 0 aromatic rings. The molecule has 81 heavy (non-hydrogen) atoms. The van der Waals surface area contributed by atoms with Crippen molar-refractivity contribution in [1.82, 2.24) is 0 Å². The van der Waals surface area contributed by atoms with E-state index in [0.29, 0.717) is 6.42 Å². The Morgan fingerprint density at radius 3 is 0.938 bits per heavy atom. The Balaban J connectivity index is 3.74. The molecule has 0 aromatic heterocycles. The van der Waals surface area contributed by atoms with E-state index in [4.69, 9.17) is 24.3 Å². The van der Waals surface area contributed by atoms with Crippen LogP contribution in [0.5, 0.6) is 0 Å². The van der Waals surface area contributed by atoms with E-state index in [1.807, 2.05) is 0 Å². The van der Waals surface area contributed by atoms with Gasteiger partial charge in [-0.25, -0.2) is 4.57 Å². The number of esters is 2. The predicted octanol–water partition coefficient (Wildman–Crippen LogP) is 23.3. The maximum Gasteiger partial charge on any atom is 0.472 e. The van der Waals surface area contributed by atoms with Crippen LogP contribution in [0.15, 0.2) is 24.3 Å². The molecule has 0 fully saturated rings. The lowest BCUT2D eigenvalue weighted by atomic mass is 10.0. The molecule has 0 aliphatic rings. The van der Waals surface area contributed by atoms with Crippen LogP contribution in [0.3, 0.4) is 0 Å². The lowest BCUT2D eigenvalue weighted by molar-refractivity contribution is -0.161. The minimum absolute atomic E-state index is 0.0576. The van der Waals surface area contributed by atoms with Gasteiger partial charge in [-0.2, -0.15) is 0 Å². The largest absolute Gasteiger partial charge is 0.472 e. The van der Waals surface area contributed by atoms with Crippen molar-refractivity contribution in [1.29, 1.82) is 0 Å². The molecule has 0 aliphatic heterocycles. The summed E-state index contributed by atoms with van der Waals surface area (Å²) in [6.45, 7) is 3.82. The van der Waals surface area contributed by atoms with Crippen LogP contribution in [0.1, 0.15) is 386 Å². The first-order valence-corrected chi connectivity index (χ1v) is 37.3. The SMILES string of the molecule is CCCCCCC/C=C\C/C=C\CCCCCCCCCCCCCCCCCCCCCCCCCCCCCC(=O)OC(COC(=O)CCCCCCCCCCCCCCCCCCCCCCC)COP(=O)(O)OCCN. The number of allylic oxidation sites excluding steroid dienone is 4. The van der Waals surface area contributed by atoms with Gasteiger partial charge in [0, 0.05) is 19.4 Å². The highest BCUT2D eigenvalue weighted by Crippen LogP contribution is 2.43. The number of unbranched alkanes of at least 4 members (excludes halogenated alkanes) is 52. The topological polar surface area (TPSA) is 134 Å². The molecular weight excluding hydrogens is 1030 g/mol. The smallest absolute Gasteiger partial charge is 0.462 e. The van der Waals surface area contributed by atoms with Crippen molar-refractivity contribution in [3.05, 3.63) is 24.3 Å². The van der Waals surface area contributed by atoms with E-state index in [2.05, 4.69) is 38.2 Å². The Morgan fingerprint density at radius 1 is 0.370 bits per heavy atom. The van der Waals surface area contributed by atoms with Gasteiger partial charge < -0.3 is 20.1 Å². The number of phosphoric ester groups is 1. The first-order valence-electron chi connectivity index (χ1n) is 35.8. The summed E-state index contributed by atoms with van der Waals surface area (Å²) >= 11 is 0. The lowest BCUT2D eigenvalue weighted by Gasteiger charge is -2.19. The summed E-state index contributed by atoms with van der Waals surface area (Å²) in [6.07, 6.45) is 82.9. The second-order valence-corrected chi connectivity index (χ2v) is 25.9. The predicted molar refractivity (Wildman–Crippen MR) is 349 cm³/mol. The number of rotatable bonds is 69. The first-order chi connectivity index (χ1) is 39.8. The summed E-state index contributed by atoms with van der Waals surface area (Å²) in [5, 5.41) is 0. The van der Waals surface area contributed by atoms with E-state index in [1.54, 1.807) is 0 Å². The molecule has 480 valence electrons. The number of hydrogen-bond donors (Lipinski definition) is 2. The third kappa shape index (κ3) is 67.5. The fourth-order valence-electron chi connectivity index (χ4n) is 11.0. The van der Waals surface area contributed by atoms with Gasteiger partial charge in [0.2, 0.25) is 0 Å². The Hall–Kier alpha value is -1.51. The molecule has 3 N–H and O–H groups in total. The van der Waals surface area contributed by atoms with E-state index in [1.165, 1.54) is 315 Å². The van der Waals surface area contributed by atoms with Crippen molar-refractivity contribution in [2.75, 3.05) is 26.4 Å². The molecule has 0 saturated carbocycles. The Bertz CT molecular complexity index is 1380. The zero-order chi connectivity index (χ0) is 58.7. The standard InChI is InChI=1S/C71H138NO8P/c1-3-5-7-9-11-13-15-17-19-21-23-25-26-27-28-29-30-31-32-33-34-35-36-37-38-39-40-41-42-44-46-48-50-52-54-56-58-60-62-64-71(74)80-69(68-79-81(75,76)78-66-65-72)67-77-70(73)63-61-59-57-55-53-51-49-47-45-43-24-22-20-18-16-14-12-10-8-6-4-2/h15,17,21,23,69H,3-14,16,18-20,22,24-68,72H2,1-2H3,(H,75,76)/b17-15-,23-21-. The van der Waals surface area contributed by atoms with Gasteiger partial charge in [-0.3, -0.25) is 18.6 Å². The van der Waals surface area contributed by atoms with Gasteiger partial charge in [0.15, 0.2) is 6.10 Å². The van der Waals surface area contributed by atoms with Crippen LogP contribution in [-0.4, -0.2) is 49.3 Å². The van der Waals surface area contributed by atoms with E-state index in [0.717, 1.165) is 38.5 Å². The summed E-state index contributed by atoms with van der Waals surface area (Å²) < 4.78 is 33.2. The maximum atomic E-state index is 12.8. The van der Waals surface area contributed by atoms with Crippen LogP contribution in [0.25, 0.3) is 0 Å². The molecule has 0 amide bonds. The highest BCUT2D eigenvalue weighted by atomic mass is 31.2. The Morgan fingerprint density at radius 2 is 0.642 bits per heavy atom. The number of carbonyl (C=O) groups excluding carboxylic acids is 2. The maximum absolute atomic E-state index is 12.8. The normalized spacial score (nSPS) is 13.0. The van der Waals surface area contributed by atoms with Gasteiger partial charge in [0.05, 0.1) is 13.2 Å². The van der Waals surface area contributed by atoms with Crippen LogP contribution in [0, 0.1) is 0 Å². The van der Waals surface area contributed by atoms with Gasteiger partial charge in [-0.15, -0.1) is 0 Å². The monoisotopic (exact) mass is 1160 g/mol. The summed E-state index contributed by atoms with van der Waals surface area (Å²) in [5.41, 5.74) is 5.40. The van der Waals surface area contributed by atoms with Crippen LogP contribution >= 0.6 is 7.82 Å². The Labute approximate surface area is 503 Å². The lowest BCUT2D eigenvalue weighted by Crippen LogP contribution is -2.29. The molecule has 0 radical (unpaired) electrons. The van der Waals surface area contributed by atoms with Gasteiger partial charge in [-0.1, -0.05) is 353 Å². The van der Waals surface area contributed by atoms with Crippen molar-refractivity contribution < 1.29 is 37.6 Å². The molecule has 0 aromatic carbocycles. The van der Waals surface area contributed by atoms with Crippen molar-refractivity contribution in [3.8, 4) is 0 Å². The van der Waals surface area contributed by atoms with Crippen LogP contribution in [0.4, 0.5) is 0 Å². The minimum Gasteiger partial charge on any atom is -0.462 e. The van der Waals surface area contributed by atoms with Crippen molar-refractivity contribution >= 4 is 19.8 Å². The highest BCUT2D eigenvalue weighted by molar-refractivity contribution is 7.47. The molecule has 0 heterocycles. The number of carbonyl (C=O) groups is 2. The fraction of sp³-hybridized carbons (Fsp3) is 0.915. The molecule has 0 spiro atoms. The zero-order valence-electron chi connectivity index (χ0n) is 54.1.